The first kappa shape index (κ1) is 13.1. The molecule has 0 aromatic heterocycles. The van der Waals surface area contributed by atoms with Crippen LogP contribution >= 0.6 is 0 Å². The summed E-state index contributed by atoms with van der Waals surface area (Å²) in [6.07, 6.45) is 0. The van der Waals surface area contributed by atoms with Crippen molar-refractivity contribution in [3.63, 3.8) is 0 Å². The molecule has 1 aromatic carbocycles. The molecule has 1 aromatic rings. The van der Waals surface area contributed by atoms with Crippen LogP contribution in [0.15, 0.2) is 12.1 Å². The first-order chi connectivity index (χ1) is 7.45. The van der Waals surface area contributed by atoms with Gasteiger partial charge in [-0.25, -0.2) is 4.39 Å². The summed E-state index contributed by atoms with van der Waals surface area (Å²) in [5.74, 6) is -0.133. The molecular formula is C13H20FNO. The van der Waals surface area contributed by atoms with Crippen molar-refractivity contribution < 1.29 is 9.50 Å². The van der Waals surface area contributed by atoms with Crippen molar-refractivity contribution in [2.75, 3.05) is 6.61 Å². The monoisotopic (exact) mass is 225 g/mol. The van der Waals surface area contributed by atoms with E-state index in [1.165, 1.54) is 0 Å². The molecule has 0 amide bonds. The summed E-state index contributed by atoms with van der Waals surface area (Å²) in [5, 5.41) is 12.2. The van der Waals surface area contributed by atoms with Crippen molar-refractivity contribution in [1.29, 1.82) is 0 Å². The normalized spacial score (nSPS) is 14.9. The van der Waals surface area contributed by atoms with Gasteiger partial charge in [0.15, 0.2) is 0 Å². The highest BCUT2D eigenvalue weighted by atomic mass is 19.1. The van der Waals surface area contributed by atoms with Crippen molar-refractivity contribution >= 4 is 0 Å². The Balaban J connectivity index is 2.88. The molecule has 0 aliphatic rings. The fraction of sp³-hybridized carbons (Fsp3) is 0.538. The molecule has 0 bridgehead atoms. The number of benzene rings is 1. The van der Waals surface area contributed by atoms with E-state index in [2.05, 4.69) is 5.32 Å². The van der Waals surface area contributed by atoms with Crippen LogP contribution in [0.4, 0.5) is 4.39 Å². The number of hydrogen-bond donors (Lipinski definition) is 2. The maximum absolute atomic E-state index is 13.4. The Morgan fingerprint density at radius 1 is 1.25 bits per heavy atom. The van der Waals surface area contributed by atoms with E-state index in [0.717, 1.165) is 5.56 Å². The molecule has 0 aliphatic heterocycles. The Morgan fingerprint density at radius 3 is 2.19 bits per heavy atom. The molecule has 2 nitrogen and oxygen atoms in total. The van der Waals surface area contributed by atoms with Gasteiger partial charge in [-0.15, -0.1) is 0 Å². The van der Waals surface area contributed by atoms with Crippen LogP contribution in [0.25, 0.3) is 0 Å². The van der Waals surface area contributed by atoms with Crippen molar-refractivity contribution in [3.05, 3.63) is 34.6 Å². The molecule has 0 aliphatic carbocycles. The van der Waals surface area contributed by atoms with E-state index in [9.17, 15) is 4.39 Å². The minimum Gasteiger partial charge on any atom is -0.395 e. The zero-order valence-electron chi connectivity index (χ0n) is 10.3. The second-order valence-electron chi connectivity index (χ2n) is 4.44. The maximum atomic E-state index is 13.4. The van der Waals surface area contributed by atoms with E-state index in [4.69, 9.17) is 5.11 Å². The molecule has 2 unspecified atom stereocenters. The fourth-order valence-corrected chi connectivity index (χ4v) is 1.81. The second-order valence-corrected chi connectivity index (χ2v) is 4.44. The number of nitrogens with one attached hydrogen (secondary N) is 1. The van der Waals surface area contributed by atoms with Gasteiger partial charge in [-0.3, -0.25) is 0 Å². The Morgan fingerprint density at radius 2 is 1.75 bits per heavy atom. The summed E-state index contributed by atoms with van der Waals surface area (Å²) in [6, 6.07) is 3.86. The molecule has 2 N–H and O–H groups in total. The van der Waals surface area contributed by atoms with Crippen LogP contribution in [0.3, 0.4) is 0 Å². The van der Waals surface area contributed by atoms with Gasteiger partial charge in [0.25, 0.3) is 0 Å². The van der Waals surface area contributed by atoms with Crippen LogP contribution in [-0.4, -0.2) is 17.8 Å². The molecule has 0 radical (unpaired) electrons. The van der Waals surface area contributed by atoms with Crippen LogP contribution in [0.2, 0.25) is 0 Å². The highest BCUT2D eigenvalue weighted by molar-refractivity contribution is 5.32. The van der Waals surface area contributed by atoms with Crippen molar-refractivity contribution in [3.8, 4) is 0 Å². The van der Waals surface area contributed by atoms with E-state index in [1.807, 2.05) is 26.0 Å². The molecular weight excluding hydrogens is 205 g/mol. The van der Waals surface area contributed by atoms with Crippen LogP contribution in [0.5, 0.6) is 0 Å². The average molecular weight is 225 g/mol. The third-order valence-electron chi connectivity index (χ3n) is 2.77. The molecule has 16 heavy (non-hydrogen) atoms. The highest BCUT2D eigenvalue weighted by Gasteiger charge is 2.11. The van der Waals surface area contributed by atoms with Gasteiger partial charge in [-0.2, -0.15) is 0 Å². The predicted molar refractivity (Wildman–Crippen MR) is 64.0 cm³/mol. The van der Waals surface area contributed by atoms with Gasteiger partial charge in [0.2, 0.25) is 0 Å². The Bertz CT molecular complexity index is 342. The number of aliphatic hydroxyl groups is 1. The minimum absolute atomic E-state index is 0.0423. The quantitative estimate of drug-likeness (QED) is 0.825. The number of aliphatic hydroxyl groups excluding tert-OH is 1. The molecule has 0 fully saturated rings. The lowest BCUT2D eigenvalue weighted by Gasteiger charge is -2.19. The van der Waals surface area contributed by atoms with Gasteiger partial charge >= 0.3 is 0 Å². The van der Waals surface area contributed by atoms with E-state index in [1.54, 1.807) is 13.8 Å². The Kier molecular flexibility index (Phi) is 4.44. The van der Waals surface area contributed by atoms with Gasteiger partial charge in [-0.1, -0.05) is 12.1 Å². The fourth-order valence-electron chi connectivity index (χ4n) is 1.81. The van der Waals surface area contributed by atoms with Crippen LogP contribution in [0, 0.1) is 19.7 Å². The third kappa shape index (κ3) is 3.03. The van der Waals surface area contributed by atoms with Crippen molar-refractivity contribution in [2.45, 2.75) is 39.8 Å². The molecule has 0 saturated carbocycles. The Hall–Kier alpha value is -0.930. The molecule has 0 spiro atoms. The van der Waals surface area contributed by atoms with E-state index < -0.39 is 0 Å². The summed E-state index contributed by atoms with van der Waals surface area (Å²) in [5.41, 5.74) is 2.39. The van der Waals surface area contributed by atoms with E-state index in [0.29, 0.717) is 11.1 Å². The lowest BCUT2D eigenvalue weighted by atomic mass is 10.0. The minimum atomic E-state index is -0.133. The number of halogens is 1. The SMILES string of the molecule is Cc1cc(C(C)NC(C)CO)cc(C)c1F. The first-order valence-corrected chi connectivity index (χ1v) is 5.59. The predicted octanol–water partition coefficient (Wildman–Crippen LogP) is 2.47. The van der Waals surface area contributed by atoms with Crippen molar-refractivity contribution in [2.24, 2.45) is 0 Å². The van der Waals surface area contributed by atoms with Gasteiger partial charge < -0.3 is 10.4 Å². The topological polar surface area (TPSA) is 32.3 Å². The number of rotatable bonds is 4. The third-order valence-corrected chi connectivity index (χ3v) is 2.77. The van der Waals surface area contributed by atoms with Gasteiger partial charge in [0, 0.05) is 12.1 Å². The summed E-state index contributed by atoms with van der Waals surface area (Å²) in [4.78, 5) is 0. The maximum Gasteiger partial charge on any atom is 0.129 e. The van der Waals surface area contributed by atoms with Gasteiger partial charge in [0.05, 0.1) is 6.61 Å². The zero-order valence-corrected chi connectivity index (χ0v) is 10.3. The largest absolute Gasteiger partial charge is 0.395 e. The second kappa shape index (κ2) is 5.41. The smallest absolute Gasteiger partial charge is 0.129 e. The standard InChI is InChI=1S/C13H20FNO/c1-8-5-12(6-9(2)13(8)14)11(4)15-10(3)7-16/h5-6,10-11,15-16H,7H2,1-4H3. The molecule has 2 atom stereocenters. The molecule has 0 heterocycles. The van der Waals surface area contributed by atoms with E-state index in [-0.39, 0.29) is 24.5 Å². The zero-order chi connectivity index (χ0) is 12.3. The lowest BCUT2D eigenvalue weighted by molar-refractivity contribution is 0.243. The van der Waals surface area contributed by atoms with Gasteiger partial charge in [0.1, 0.15) is 5.82 Å². The Labute approximate surface area is 96.5 Å². The summed E-state index contributed by atoms with van der Waals surface area (Å²) in [6.45, 7) is 7.57. The highest BCUT2D eigenvalue weighted by Crippen LogP contribution is 2.20. The van der Waals surface area contributed by atoms with Crippen molar-refractivity contribution in [1.82, 2.24) is 5.32 Å². The number of aryl methyl sites for hydroxylation is 2. The first-order valence-electron chi connectivity index (χ1n) is 5.59. The molecule has 3 heteroatoms. The summed E-state index contributed by atoms with van der Waals surface area (Å²) >= 11 is 0. The lowest BCUT2D eigenvalue weighted by Crippen LogP contribution is -2.31. The molecule has 0 saturated heterocycles. The average Bonchev–Trinajstić information content (AvgIpc) is 2.24. The van der Waals surface area contributed by atoms with Crippen LogP contribution < -0.4 is 5.32 Å². The van der Waals surface area contributed by atoms with E-state index >= 15 is 0 Å². The molecule has 90 valence electrons. The van der Waals surface area contributed by atoms with Crippen LogP contribution in [0.1, 0.15) is 36.6 Å². The van der Waals surface area contributed by atoms with Crippen LogP contribution in [-0.2, 0) is 0 Å². The summed E-state index contributed by atoms with van der Waals surface area (Å²) in [7, 11) is 0. The molecule has 1 rings (SSSR count). The number of hydrogen-bond acceptors (Lipinski definition) is 2. The summed E-state index contributed by atoms with van der Waals surface area (Å²) < 4.78 is 13.4. The van der Waals surface area contributed by atoms with Gasteiger partial charge in [-0.05, 0) is 44.4 Å².